The number of pyridine rings is 1. The van der Waals surface area contributed by atoms with Gasteiger partial charge < -0.3 is 29.7 Å². The van der Waals surface area contributed by atoms with E-state index >= 15 is 0 Å². The monoisotopic (exact) mass is 590 g/mol. The lowest BCUT2D eigenvalue weighted by Crippen LogP contribution is -3.14. The highest BCUT2D eigenvalue weighted by molar-refractivity contribution is 6.30. The van der Waals surface area contributed by atoms with Crippen LogP contribution < -0.4 is 26.0 Å². The summed E-state index contributed by atoms with van der Waals surface area (Å²) in [7, 11) is 0. The smallest absolute Gasteiger partial charge is 0.251 e. The number of quaternary nitrogens is 1. The van der Waals surface area contributed by atoms with Crippen molar-refractivity contribution in [3.05, 3.63) is 92.9 Å². The van der Waals surface area contributed by atoms with Crippen molar-refractivity contribution in [3.63, 3.8) is 0 Å². The van der Waals surface area contributed by atoms with E-state index in [-0.39, 0.29) is 23.3 Å². The Hall–Kier alpha value is -3.66. The molecule has 0 radical (unpaired) electrons. The molecule has 1 aromatic heterocycles. The third kappa shape index (κ3) is 6.53. The van der Waals surface area contributed by atoms with Gasteiger partial charge in [-0.05, 0) is 54.3 Å². The lowest BCUT2D eigenvalue weighted by Gasteiger charge is -2.44. The van der Waals surface area contributed by atoms with Gasteiger partial charge in [0, 0.05) is 54.4 Å². The molecule has 3 aliphatic heterocycles. The van der Waals surface area contributed by atoms with Crippen molar-refractivity contribution in [1.82, 2.24) is 9.88 Å². The van der Waals surface area contributed by atoms with E-state index in [4.69, 9.17) is 16.3 Å². The van der Waals surface area contributed by atoms with Gasteiger partial charge in [-0.2, -0.15) is 0 Å². The van der Waals surface area contributed by atoms with Gasteiger partial charge in [-0.15, -0.1) is 0 Å². The van der Waals surface area contributed by atoms with Gasteiger partial charge in [-0.1, -0.05) is 29.8 Å². The van der Waals surface area contributed by atoms with Gasteiger partial charge in [0.05, 0.1) is 37.6 Å². The predicted octanol–water partition coefficient (Wildman–Crippen LogP) is 2.30. The summed E-state index contributed by atoms with van der Waals surface area (Å²) in [5.41, 5.74) is 4.04. The Labute approximate surface area is 250 Å². The van der Waals surface area contributed by atoms with E-state index in [2.05, 4.69) is 21.6 Å². The van der Waals surface area contributed by atoms with Crippen molar-refractivity contribution in [2.45, 2.75) is 31.8 Å². The normalized spacial score (nSPS) is 20.1. The molecule has 2 fully saturated rings. The topological polar surface area (TPSA) is 97.1 Å². The largest absolute Gasteiger partial charge is 0.370 e. The molecule has 220 valence electrons. The lowest BCUT2D eigenvalue weighted by atomic mass is 9.83. The minimum absolute atomic E-state index is 0.0548. The number of aromatic nitrogens is 1. The molecule has 2 saturated heterocycles. The van der Waals surface area contributed by atoms with Crippen molar-refractivity contribution in [3.8, 4) is 0 Å². The number of rotatable bonds is 8. The first-order chi connectivity index (χ1) is 20.4. The number of piperidine rings is 1. The summed E-state index contributed by atoms with van der Waals surface area (Å²) in [6.45, 7) is 6.54. The molecule has 2 aromatic carbocycles. The number of hydrogen-bond donors (Lipinski definition) is 3. The van der Waals surface area contributed by atoms with Crippen LogP contribution in [0.15, 0.2) is 65.5 Å². The van der Waals surface area contributed by atoms with Crippen LogP contribution in [0.4, 0.5) is 11.4 Å². The number of anilines is 2. The molecule has 2 amide bonds. The molecule has 3 aliphatic rings. The average molecular weight is 591 g/mol. The van der Waals surface area contributed by atoms with Gasteiger partial charge in [0.25, 0.3) is 11.5 Å². The number of fused-ring (bicyclic) bond motifs is 4. The standard InChI is InChI=1S/C32H36ClN5O4/c33-26-4-1-3-22(16-26)18-34-32(41)24-7-8-29(27(17-24)35-30(39)9-10-36-11-13-42-14-12-36)37-19-23-15-25(21-37)28-5-2-6-31(40)38(28)20-23/h1-8,16-17,23,25H,9-15,18-21H2,(H,34,41)(H,35,39)/p+1. The van der Waals surface area contributed by atoms with Gasteiger partial charge in [-0.25, -0.2) is 0 Å². The second-order valence-corrected chi connectivity index (χ2v) is 12.0. The van der Waals surface area contributed by atoms with Crippen LogP contribution in [0.3, 0.4) is 0 Å². The van der Waals surface area contributed by atoms with Crippen LogP contribution >= 0.6 is 11.6 Å². The van der Waals surface area contributed by atoms with Gasteiger partial charge in [0.2, 0.25) is 5.91 Å². The van der Waals surface area contributed by atoms with Crippen LogP contribution in [0.25, 0.3) is 0 Å². The van der Waals surface area contributed by atoms with Crippen LogP contribution in [0.5, 0.6) is 0 Å². The fourth-order valence-electron chi connectivity index (χ4n) is 6.49. The van der Waals surface area contributed by atoms with Gasteiger partial charge in [0.1, 0.15) is 13.1 Å². The zero-order chi connectivity index (χ0) is 29.1. The molecule has 2 bridgehead atoms. The minimum atomic E-state index is -0.224. The van der Waals surface area contributed by atoms with Gasteiger partial charge in [0.15, 0.2) is 0 Å². The van der Waals surface area contributed by atoms with Crippen molar-refractivity contribution >= 4 is 34.8 Å². The molecule has 2 unspecified atom stereocenters. The Morgan fingerprint density at radius 1 is 1.00 bits per heavy atom. The van der Waals surface area contributed by atoms with Gasteiger partial charge in [-0.3, -0.25) is 14.4 Å². The Bertz CT molecular complexity index is 1520. The molecule has 6 rings (SSSR count). The zero-order valence-corrected chi connectivity index (χ0v) is 24.4. The molecule has 3 aromatic rings. The van der Waals surface area contributed by atoms with Crippen LogP contribution in [0.1, 0.15) is 40.4 Å². The van der Waals surface area contributed by atoms with Crippen LogP contribution in [-0.4, -0.2) is 62.3 Å². The average Bonchev–Trinajstić information content (AvgIpc) is 3.00. The summed E-state index contributed by atoms with van der Waals surface area (Å²) in [6, 6.07) is 18.5. The number of morpholine rings is 1. The second-order valence-electron chi connectivity index (χ2n) is 11.6. The maximum atomic E-state index is 13.2. The Kier molecular flexibility index (Phi) is 8.60. The van der Waals surface area contributed by atoms with E-state index in [0.29, 0.717) is 41.7 Å². The highest BCUT2D eigenvalue weighted by atomic mass is 35.5. The summed E-state index contributed by atoms with van der Waals surface area (Å²) in [4.78, 5) is 42.5. The third-order valence-corrected chi connectivity index (χ3v) is 8.84. The van der Waals surface area contributed by atoms with Crippen molar-refractivity contribution < 1.29 is 19.2 Å². The van der Waals surface area contributed by atoms with Crippen molar-refractivity contribution in [2.24, 2.45) is 5.92 Å². The molecule has 0 saturated carbocycles. The molecule has 0 spiro atoms. The number of hydrogen-bond acceptors (Lipinski definition) is 5. The molecule has 2 atom stereocenters. The zero-order valence-electron chi connectivity index (χ0n) is 23.6. The summed E-state index contributed by atoms with van der Waals surface area (Å²) >= 11 is 6.10. The Morgan fingerprint density at radius 3 is 2.67 bits per heavy atom. The Balaban J connectivity index is 1.22. The van der Waals surface area contributed by atoms with E-state index in [1.54, 1.807) is 18.2 Å². The highest BCUT2D eigenvalue weighted by Crippen LogP contribution is 2.39. The first kappa shape index (κ1) is 28.5. The number of halogens is 1. The fourth-order valence-corrected chi connectivity index (χ4v) is 6.70. The number of carbonyl (C=O) groups excluding carboxylic acids is 2. The molecule has 4 heterocycles. The van der Waals surface area contributed by atoms with Crippen molar-refractivity contribution in [1.29, 1.82) is 0 Å². The Morgan fingerprint density at radius 2 is 1.83 bits per heavy atom. The SMILES string of the molecule is O=C(CC[NH+]1CCOCC1)Nc1cc(C(=O)NCc2cccc(Cl)c2)ccc1N1CC2CC(C1)c1cccc(=O)n1C2. The van der Waals surface area contributed by atoms with E-state index < -0.39 is 0 Å². The van der Waals surface area contributed by atoms with E-state index in [0.717, 1.165) is 69.3 Å². The number of nitrogens with zero attached hydrogens (tertiary/aromatic N) is 2. The molecule has 10 heteroatoms. The summed E-state index contributed by atoms with van der Waals surface area (Å²) in [5, 5.41) is 6.73. The number of amides is 2. The predicted molar refractivity (Wildman–Crippen MR) is 162 cm³/mol. The first-order valence-corrected chi connectivity index (χ1v) is 15.1. The molecule has 0 aliphatic carbocycles. The molecular formula is C32H37ClN5O4+. The maximum Gasteiger partial charge on any atom is 0.251 e. The summed E-state index contributed by atoms with van der Waals surface area (Å²) in [5.74, 6) is 0.255. The van der Waals surface area contributed by atoms with Crippen LogP contribution in [-0.2, 0) is 22.6 Å². The van der Waals surface area contributed by atoms with Gasteiger partial charge >= 0.3 is 0 Å². The molecule has 3 N–H and O–H groups in total. The summed E-state index contributed by atoms with van der Waals surface area (Å²) in [6.07, 6.45) is 1.43. The van der Waals surface area contributed by atoms with E-state index in [1.807, 2.05) is 41.0 Å². The lowest BCUT2D eigenvalue weighted by molar-refractivity contribution is -0.907. The number of benzene rings is 2. The van der Waals surface area contributed by atoms with E-state index in [9.17, 15) is 14.4 Å². The molecular weight excluding hydrogens is 554 g/mol. The quantitative estimate of drug-likeness (QED) is 0.374. The second kappa shape index (κ2) is 12.7. The number of nitrogens with one attached hydrogen (secondary N) is 3. The van der Waals surface area contributed by atoms with Crippen molar-refractivity contribution in [2.75, 3.05) is 56.2 Å². The van der Waals surface area contributed by atoms with E-state index in [1.165, 1.54) is 4.90 Å². The fraction of sp³-hybridized carbons (Fsp3) is 0.406. The first-order valence-electron chi connectivity index (χ1n) is 14.8. The number of carbonyl (C=O) groups is 2. The molecule has 42 heavy (non-hydrogen) atoms. The summed E-state index contributed by atoms with van der Waals surface area (Å²) < 4.78 is 7.36. The molecule has 9 nitrogen and oxygen atoms in total. The third-order valence-electron chi connectivity index (χ3n) is 8.60. The van der Waals surface area contributed by atoms with Crippen LogP contribution in [0, 0.1) is 5.92 Å². The highest BCUT2D eigenvalue weighted by Gasteiger charge is 2.35. The maximum absolute atomic E-state index is 13.2. The van der Waals surface area contributed by atoms with Crippen LogP contribution in [0.2, 0.25) is 5.02 Å². The minimum Gasteiger partial charge on any atom is -0.370 e. The number of ether oxygens (including phenoxy) is 1.